The Kier molecular flexibility index (Phi) is 5.10. The van der Waals surface area contributed by atoms with Gasteiger partial charge < -0.3 is 5.32 Å². The van der Waals surface area contributed by atoms with Gasteiger partial charge in [-0.1, -0.05) is 36.4 Å². The van der Waals surface area contributed by atoms with Crippen molar-refractivity contribution in [3.63, 3.8) is 0 Å². The van der Waals surface area contributed by atoms with Crippen LogP contribution in [0, 0.1) is 21.4 Å². The van der Waals surface area contributed by atoms with Gasteiger partial charge in [-0.05, 0) is 30.3 Å². The topological polar surface area (TPSA) is 99.3 Å². The number of anilines is 3. The molecule has 0 aliphatic carbocycles. The normalized spacial score (nSPS) is 9.89. The summed E-state index contributed by atoms with van der Waals surface area (Å²) >= 11 is 0. The first-order valence-electron chi connectivity index (χ1n) is 8.00. The smallest absolute Gasteiger partial charge is 0.306 e. The first-order chi connectivity index (χ1) is 13.1. The Morgan fingerprint density at radius 1 is 0.963 bits per heavy atom. The van der Waals surface area contributed by atoms with Crippen LogP contribution in [-0.2, 0) is 0 Å². The summed E-state index contributed by atoms with van der Waals surface area (Å²) in [7, 11) is 0. The standard InChI is InChI=1S/C20H14N4O3/c21-14-15-13-18(24(26)27)11-12-19(15)22-20(25)23(16-7-3-1-4-8-16)17-9-5-2-6-10-17/h1-13H,(H,22,25). The van der Waals surface area contributed by atoms with E-state index >= 15 is 0 Å². The minimum Gasteiger partial charge on any atom is -0.306 e. The molecule has 27 heavy (non-hydrogen) atoms. The van der Waals surface area contributed by atoms with Crippen molar-refractivity contribution in [2.75, 3.05) is 10.2 Å². The summed E-state index contributed by atoms with van der Waals surface area (Å²) in [5.41, 5.74) is 1.28. The van der Waals surface area contributed by atoms with Gasteiger partial charge in [-0.25, -0.2) is 4.79 Å². The summed E-state index contributed by atoms with van der Waals surface area (Å²) in [5, 5.41) is 22.8. The molecule has 7 nitrogen and oxygen atoms in total. The highest BCUT2D eigenvalue weighted by molar-refractivity contribution is 6.07. The van der Waals surface area contributed by atoms with E-state index in [1.807, 2.05) is 42.5 Å². The van der Waals surface area contributed by atoms with Crippen LogP contribution in [0.4, 0.5) is 27.5 Å². The summed E-state index contributed by atoms with van der Waals surface area (Å²) < 4.78 is 0. The molecule has 0 aliphatic heterocycles. The molecule has 0 saturated heterocycles. The molecule has 0 radical (unpaired) electrons. The third kappa shape index (κ3) is 3.91. The molecule has 0 aromatic heterocycles. The molecular weight excluding hydrogens is 344 g/mol. The molecule has 1 N–H and O–H groups in total. The van der Waals surface area contributed by atoms with Gasteiger partial charge in [-0.2, -0.15) is 5.26 Å². The molecule has 3 aromatic carbocycles. The van der Waals surface area contributed by atoms with E-state index in [0.29, 0.717) is 11.4 Å². The Hall–Kier alpha value is -4.18. The van der Waals surface area contributed by atoms with Crippen LogP contribution in [0.15, 0.2) is 78.9 Å². The number of non-ortho nitro benzene ring substituents is 1. The number of benzene rings is 3. The van der Waals surface area contributed by atoms with Crippen LogP contribution in [0.1, 0.15) is 5.56 Å². The van der Waals surface area contributed by atoms with Crippen molar-refractivity contribution in [3.05, 3.63) is 94.5 Å². The van der Waals surface area contributed by atoms with Crippen LogP contribution in [0.2, 0.25) is 0 Å². The first kappa shape index (κ1) is 17.6. The maximum atomic E-state index is 13.0. The molecule has 0 fully saturated rings. The number of nitro benzene ring substituents is 1. The number of hydrogen-bond acceptors (Lipinski definition) is 4. The Balaban J connectivity index is 1.97. The average Bonchev–Trinajstić information content (AvgIpc) is 2.70. The second-order valence-electron chi connectivity index (χ2n) is 5.54. The van der Waals surface area contributed by atoms with Gasteiger partial charge in [0.2, 0.25) is 0 Å². The third-order valence-corrected chi connectivity index (χ3v) is 3.81. The number of amides is 2. The van der Waals surface area contributed by atoms with Crippen LogP contribution >= 0.6 is 0 Å². The van der Waals surface area contributed by atoms with Crippen LogP contribution in [0.25, 0.3) is 0 Å². The molecule has 0 bridgehead atoms. The lowest BCUT2D eigenvalue weighted by molar-refractivity contribution is -0.384. The van der Waals surface area contributed by atoms with Crippen molar-refractivity contribution in [2.45, 2.75) is 0 Å². The maximum absolute atomic E-state index is 13.0. The van der Waals surface area contributed by atoms with Crippen molar-refractivity contribution in [3.8, 4) is 6.07 Å². The minimum absolute atomic E-state index is 0.0126. The molecule has 3 aromatic rings. The van der Waals surface area contributed by atoms with Crippen molar-refractivity contribution in [1.82, 2.24) is 0 Å². The Labute approximate surface area is 155 Å². The van der Waals surface area contributed by atoms with E-state index in [9.17, 15) is 20.2 Å². The number of rotatable bonds is 4. The van der Waals surface area contributed by atoms with E-state index in [1.54, 1.807) is 24.3 Å². The number of nitriles is 1. The SMILES string of the molecule is N#Cc1cc([N+](=O)[O-])ccc1NC(=O)N(c1ccccc1)c1ccccc1. The summed E-state index contributed by atoms with van der Waals surface area (Å²) in [6.07, 6.45) is 0. The van der Waals surface area contributed by atoms with Gasteiger partial charge in [0.1, 0.15) is 6.07 Å². The number of para-hydroxylation sites is 2. The Morgan fingerprint density at radius 2 is 1.52 bits per heavy atom. The van der Waals surface area contributed by atoms with Crippen molar-refractivity contribution in [1.29, 1.82) is 5.26 Å². The van der Waals surface area contributed by atoms with Crippen LogP contribution < -0.4 is 10.2 Å². The van der Waals surface area contributed by atoms with E-state index in [-0.39, 0.29) is 16.9 Å². The molecule has 3 rings (SSSR count). The largest absolute Gasteiger partial charge is 0.330 e. The molecule has 0 atom stereocenters. The van der Waals surface area contributed by atoms with Crippen LogP contribution in [-0.4, -0.2) is 11.0 Å². The lowest BCUT2D eigenvalue weighted by atomic mass is 10.1. The van der Waals surface area contributed by atoms with Gasteiger partial charge in [0, 0.05) is 12.1 Å². The number of nitrogens with zero attached hydrogens (tertiary/aromatic N) is 3. The highest BCUT2D eigenvalue weighted by atomic mass is 16.6. The van der Waals surface area contributed by atoms with E-state index in [1.165, 1.54) is 17.0 Å². The molecule has 0 aliphatic rings. The van der Waals surface area contributed by atoms with Gasteiger partial charge in [-0.15, -0.1) is 0 Å². The number of nitrogens with one attached hydrogen (secondary N) is 1. The number of nitro groups is 1. The van der Waals surface area contributed by atoms with Crippen LogP contribution in [0.3, 0.4) is 0 Å². The first-order valence-corrected chi connectivity index (χ1v) is 8.00. The molecule has 0 unspecified atom stereocenters. The predicted molar refractivity (Wildman–Crippen MR) is 102 cm³/mol. The summed E-state index contributed by atoms with van der Waals surface area (Å²) in [4.78, 5) is 24.7. The van der Waals surface area contributed by atoms with E-state index in [4.69, 9.17) is 0 Å². The second kappa shape index (κ2) is 7.80. The van der Waals surface area contributed by atoms with Crippen molar-refractivity contribution < 1.29 is 9.72 Å². The fourth-order valence-corrected chi connectivity index (χ4v) is 2.56. The van der Waals surface area contributed by atoms with Gasteiger partial charge in [-0.3, -0.25) is 15.0 Å². The molecule has 0 heterocycles. The second-order valence-corrected chi connectivity index (χ2v) is 5.54. The highest BCUT2D eigenvalue weighted by Crippen LogP contribution is 2.27. The van der Waals surface area contributed by atoms with E-state index < -0.39 is 11.0 Å². The zero-order valence-corrected chi connectivity index (χ0v) is 14.1. The van der Waals surface area contributed by atoms with E-state index in [2.05, 4.69) is 5.32 Å². The number of carbonyl (C=O) groups excluding carboxylic acids is 1. The number of hydrogen-bond donors (Lipinski definition) is 1. The molecule has 7 heteroatoms. The molecule has 0 saturated carbocycles. The Bertz CT molecular complexity index is 975. The summed E-state index contributed by atoms with van der Waals surface area (Å²) in [6, 6.07) is 23.2. The van der Waals surface area contributed by atoms with Crippen molar-refractivity contribution in [2.24, 2.45) is 0 Å². The lowest BCUT2D eigenvalue weighted by Gasteiger charge is -2.23. The van der Waals surface area contributed by atoms with Gasteiger partial charge in [0.25, 0.3) is 5.69 Å². The summed E-state index contributed by atoms with van der Waals surface area (Å²) in [6.45, 7) is 0. The fraction of sp³-hybridized carbons (Fsp3) is 0. The molecular formula is C20H14N4O3. The van der Waals surface area contributed by atoms with E-state index in [0.717, 1.165) is 6.07 Å². The van der Waals surface area contributed by atoms with Crippen molar-refractivity contribution >= 4 is 28.8 Å². The molecule has 0 spiro atoms. The fourth-order valence-electron chi connectivity index (χ4n) is 2.56. The van der Waals surface area contributed by atoms with Gasteiger partial charge in [0.05, 0.1) is 27.5 Å². The lowest BCUT2D eigenvalue weighted by Crippen LogP contribution is -2.31. The zero-order chi connectivity index (χ0) is 19.2. The highest BCUT2D eigenvalue weighted by Gasteiger charge is 2.20. The summed E-state index contributed by atoms with van der Waals surface area (Å²) in [5.74, 6) is 0. The molecule has 132 valence electrons. The quantitative estimate of drug-likeness (QED) is 0.533. The zero-order valence-electron chi connectivity index (χ0n) is 14.1. The average molecular weight is 358 g/mol. The monoisotopic (exact) mass is 358 g/mol. The Morgan fingerprint density at radius 3 is 2.00 bits per heavy atom. The predicted octanol–water partition coefficient (Wildman–Crippen LogP) is 4.84. The maximum Gasteiger partial charge on any atom is 0.330 e. The number of urea groups is 1. The minimum atomic E-state index is -0.591. The molecule has 2 amide bonds. The number of carbonyl (C=O) groups is 1. The van der Waals surface area contributed by atoms with Gasteiger partial charge in [0.15, 0.2) is 0 Å². The van der Waals surface area contributed by atoms with Crippen LogP contribution in [0.5, 0.6) is 0 Å². The third-order valence-electron chi connectivity index (χ3n) is 3.81. The van der Waals surface area contributed by atoms with Gasteiger partial charge >= 0.3 is 6.03 Å².